The number of piperidine rings is 1. The molecule has 1 heterocycles. The number of nitrogens with one attached hydrogen (secondary N) is 1. The molecule has 102 valence electrons. The fourth-order valence-electron chi connectivity index (χ4n) is 2.71. The Morgan fingerprint density at radius 1 is 1.06 bits per heavy atom. The zero-order chi connectivity index (χ0) is 12.3. The summed E-state index contributed by atoms with van der Waals surface area (Å²) in [4.78, 5) is 2.67. The Labute approximate surface area is 108 Å². The maximum atomic E-state index is 3.67. The molecule has 1 unspecified atom stereocenters. The van der Waals surface area contributed by atoms with Gasteiger partial charge < -0.3 is 10.2 Å². The molecule has 1 aliphatic rings. The van der Waals surface area contributed by atoms with Crippen LogP contribution in [-0.2, 0) is 0 Å². The number of unbranched alkanes of at least 4 members (excludes halogenated alkanes) is 4. The molecular weight excluding hydrogens is 208 g/mol. The van der Waals surface area contributed by atoms with Gasteiger partial charge in [-0.15, -0.1) is 0 Å². The average Bonchev–Trinajstić information content (AvgIpc) is 2.37. The molecule has 0 spiro atoms. The SMILES string of the molecule is CCCCCCCN1CCCC(NCCC)C1. The van der Waals surface area contributed by atoms with Gasteiger partial charge in [-0.1, -0.05) is 39.5 Å². The summed E-state index contributed by atoms with van der Waals surface area (Å²) in [5.74, 6) is 0. The molecule has 1 rings (SSSR count). The molecule has 0 saturated carbocycles. The molecule has 0 aromatic rings. The third-order valence-corrected chi connectivity index (χ3v) is 3.77. The molecule has 0 aliphatic carbocycles. The minimum absolute atomic E-state index is 0.763. The summed E-state index contributed by atoms with van der Waals surface area (Å²) >= 11 is 0. The zero-order valence-corrected chi connectivity index (χ0v) is 12.0. The van der Waals surface area contributed by atoms with E-state index in [-0.39, 0.29) is 0 Å². The largest absolute Gasteiger partial charge is 0.313 e. The topological polar surface area (TPSA) is 15.3 Å². The van der Waals surface area contributed by atoms with Crippen LogP contribution in [0.2, 0.25) is 0 Å². The van der Waals surface area contributed by atoms with Gasteiger partial charge in [0.1, 0.15) is 0 Å². The van der Waals surface area contributed by atoms with Crippen molar-refractivity contribution in [1.82, 2.24) is 10.2 Å². The third-order valence-electron chi connectivity index (χ3n) is 3.77. The van der Waals surface area contributed by atoms with Crippen LogP contribution in [0.4, 0.5) is 0 Å². The number of nitrogens with zero attached hydrogens (tertiary/aromatic N) is 1. The highest BCUT2D eigenvalue weighted by molar-refractivity contribution is 4.77. The average molecular weight is 240 g/mol. The second-order valence-corrected chi connectivity index (χ2v) is 5.51. The lowest BCUT2D eigenvalue weighted by Gasteiger charge is -2.33. The molecule has 1 atom stereocenters. The molecule has 1 N–H and O–H groups in total. The number of rotatable bonds is 9. The van der Waals surface area contributed by atoms with Gasteiger partial charge in [-0.2, -0.15) is 0 Å². The van der Waals surface area contributed by atoms with Gasteiger partial charge in [0.25, 0.3) is 0 Å². The van der Waals surface area contributed by atoms with Crippen LogP contribution in [0.3, 0.4) is 0 Å². The molecule has 1 saturated heterocycles. The fourth-order valence-corrected chi connectivity index (χ4v) is 2.71. The highest BCUT2D eigenvalue weighted by atomic mass is 15.2. The van der Waals surface area contributed by atoms with Crippen LogP contribution in [0.15, 0.2) is 0 Å². The minimum Gasteiger partial charge on any atom is -0.313 e. The van der Waals surface area contributed by atoms with Gasteiger partial charge in [0.15, 0.2) is 0 Å². The second kappa shape index (κ2) is 9.90. The van der Waals surface area contributed by atoms with Gasteiger partial charge in [0, 0.05) is 12.6 Å². The van der Waals surface area contributed by atoms with Crippen LogP contribution in [0, 0.1) is 0 Å². The van der Waals surface area contributed by atoms with Crippen molar-refractivity contribution in [3.63, 3.8) is 0 Å². The highest BCUT2D eigenvalue weighted by Gasteiger charge is 2.18. The van der Waals surface area contributed by atoms with Gasteiger partial charge >= 0.3 is 0 Å². The first-order chi connectivity index (χ1) is 8.36. The first kappa shape index (κ1) is 15.0. The lowest BCUT2D eigenvalue weighted by Crippen LogP contribution is -2.46. The van der Waals surface area contributed by atoms with E-state index in [0.717, 1.165) is 6.04 Å². The summed E-state index contributed by atoms with van der Waals surface area (Å²) in [6.07, 6.45) is 11.1. The van der Waals surface area contributed by atoms with Crippen molar-refractivity contribution < 1.29 is 0 Å². The number of likely N-dealkylation sites (tertiary alicyclic amines) is 1. The van der Waals surface area contributed by atoms with E-state index >= 15 is 0 Å². The van der Waals surface area contributed by atoms with Gasteiger partial charge in [0.2, 0.25) is 0 Å². The van der Waals surface area contributed by atoms with Crippen LogP contribution in [0.25, 0.3) is 0 Å². The van der Waals surface area contributed by atoms with Crippen molar-refractivity contribution in [3.8, 4) is 0 Å². The van der Waals surface area contributed by atoms with E-state index in [2.05, 4.69) is 24.1 Å². The summed E-state index contributed by atoms with van der Waals surface area (Å²) < 4.78 is 0. The maximum absolute atomic E-state index is 3.67. The van der Waals surface area contributed by atoms with Crippen molar-refractivity contribution in [2.45, 2.75) is 71.3 Å². The van der Waals surface area contributed by atoms with E-state index in [1.807, 2.05) is 0 Å². The quantitative estimate of drug-likeness (QED) is 0.621. The van der Waals surface area contributed by atoms with E-state index < -0.39 is 0 Å². The molecule has 0 amide bonds. The van der Waals surface area contributed by atoms with Crippen molar-refractivity contribution in [1.29, 1.82) is 0 Å². The molecule has 0 bridgehead atoms. The Morgan fingerprint density at radius 3 is 2.65 bits per heavy atom. The Morgan fingerprint density at radius 2 is 1.88 bits per heavy atom. The fraction of sp³-hybridized carbons (Fsp3) is 1.00. The van der Waals surface area contributed by atoms with Crippen LogP contribution < -0.4 is 5.32 Å². The number of hydrogen-bond acceptors (Lipinski definition) is 2. The molecule has 17 heavy (non-hydrogen) atoms. The summed E-state index contributed by atoms with van der Waals surface area (Å²) in [5, 5.41) is 3.67. The molecule has 1 fully saturated rings. The van der Waals surface area contributed by atoms with Crippen LogP contribution >= 0.6 is 0 Å². The normalized spacial score (nSPS) is 21.9. The van der Waals surface area contributed by atoms with Crippen LogP contribution in [0.1, 0.15) is 65.2 Å². The number of hydrogen-bond donors (Lipinski definition) is 1. The summed E-state index contributed by atoms with van der Waals surface area (Å²) in [5.41, 5.74) is 0. The Bertz CT molecular complexity index is 170. The molecule has 0 radical (unpaired) electrons. The second-order valence-electron chi connectivity index (χ2n) is 5.51. The molecular formula is C15H32N2. The van der Waals surface area contributed by atoms with Gasteiger partial charge in [-0.3, -0.25) is 0 Å². The van der Waals surface area contributed by atoms with Crippen molar-refractivity contribution in [2.75, 3.05) is 26.2 Å². The molecule has 2 nitrogen and oxygen atoms in total. The zero-order valence-electron chi connectivity index (χ0n) is 12.0. The monoisotopic (exact) mass is 240 g/mol. The lowest BCUT2D eigenvalue weighted by molar-refractivity contribution is 0.187. The van der Waals surface area contributed by atoms with Crippen molar-refractivity contribution in [3.05, 3.63) is 0 Å². The maximum Gasteiger partial charge on any atom is 0.0195 e. The molecule has 1 aliphatic heterocycles. The predicted octanol–water partition coefficient (Wildman–Crippen LogP) is 3.42. The van der Waals surface area contributed by atoms with E-state index in [9.17, 15) is 0 Å². The third kappa shape index (κ3) is 7.05. The van der Waals surface area contributed by atoms with Gasteiger partial charge in [-0.25, -0.2) is 0 Å². The predicted molar refractivity (Wildman–Crippen MR) is 76.5 cm³/mol. The van der Waals surface area contributed by atoms with Crippen LogP contribution in [-0.4, -0.2) is 37.1 Å². The molecule has 2 heteroatoms. The summed E-state index contributed by atoms with van der Waals surface area (Å²) in [7, 11) is 0. The van der Waals surface area contributed by atoms with E-state index in [1.54, 1.807) is 0 Å². The Balaban J connectivity index is 2.03. The Hall–Kier alpha value is -0.0800. The minimum atomic E-state index is 0.763. The molecule has 0 aromatic carbocycles. The lowest BCUT2D eigenvalue weighted by atomic mass is 10.0. The first-order valence-electron chi connectivity index (χ1n) is 7.82. The van der Waals surface area contributed by atoms with E-state index in [4.69, 9.17) is 0 Å². The van der Waals surface area contributed by atoms with E-state index in [0.29, 0.717) is 0 Å². The van der Waals surface area contributed by atoms with Crippen LogP contribution in [0.5, 0.6) is 0 Å². The highest BCUT2D eigenvalue weighted by Crippen LogP contribution is 2.12. The first-order valence-corrected chi connectivity index (χ1v) is 7.82. The van der Waals surface area contributed by atoms with Crippen molar-refractivity contribution >= 4 is 0 Å². The van der Waals surface area contributed by atoms with Gasteiger partial charge in [0.05, 0.1) is 0 Å². The summed E-state index contributed by atoms with van der Waals surface area (Å²) in [6, 6.07) is 0.763. The Kier molecular flexibility index (Phi) is 8.72. The standard InChI is InChI=1S/C15H32N2/c1-3-5-6-7-8-12-17-13-9-10-15(14-17)16-11-4-2/h15-16H,3-14H2,1-2H3. The van der Waals surface area contributed by atoms with E-state index in [1.165, 1.54) is 77.5 Å². The smallest absolute Gasteiger partial charge is 0.0195 e. The van der Waals surface area contributed by atoms with Gasteiger partial charge in [-0.05, 0) is 45.3 Å². The van der Waals surface area contributed by atoms with Crippen molar-refractivity contribution in [2.24, 2.45) is 0 Å². The molecule has 0 aromatic heterocycles. The summed E-state index contributed by atoms with van der Waals surface area (Å²) in [6.45, 7) is 9.67.